The maximum absolute atomic E-state index is 12.3. The second kappa shape index (κ2) is 8.33. The largest absolute Gasteiger partial charge is 0.345 e. The Balaban J connectivity index is 1.79. The van der Waals surface area contributed by atoms with Gasteiger partial charge in [0.2, 0.25) is 0 Å². The minimum Gasteiger partial charge on any atom is -0.345 e. The minimum absolute atomic E-state index is 0.144. The molecule has 1 atom stereocenters. The molecule has 0 aliphatic heterocycles. The molecule has 0 fully saturated rings. The van der Waals surface area contributed by atoms with E-state index in [1.807, 2.05) is 48.5 Å². The second-order valence-electron chi connectivity index (χ2n) is 6.13. The fraction of sp³-hybridized carbons (Fsp3) is 0.300. The maximum Gasteiger partial charge on any atom is 0.315 e. The van der Waals surface area contributed by atoms with Crippen molar-refractivity contribution in [2.45, 2.75) is 32.2 Å². The molecule has 2 aromatic carbocycles. The fourth-order valence-electron chi connectivity index (χ4n) is 2.90. The Labute approximate surface area is 147 Å². The Bertz CT molecular complexity index is 813. The van der Waals surface area contributed by atoms with E-state index in [2.05, 4.69) is 27.5 Å². The van der Waals surface area contributed by atoms with Crippen molar-refractivity contribution in [1.29, 1.82) is 0 Å². The first-order valence-corrected chi connectivity index (χ1v) is 8.80. The van der Waals surface area contributed by atoms with Gasteiger partial charge in [0.1, 0.15) is 0 Å². The van der Waals surface area contributed by atoms with Gasteiger partial charge in [-0.3, -0.25) is 0 Å². The van der Waals surface area contributed by atoms with Crippen molar-refractivity contribution in [3.63, 3.8) is 0 Å². The number of urea groups is 1. The van der Waals surface area contributed by atoms with Gasteiger partial charge in [-0.05, 0) is 29.7 Å². The minimum atomic E-state index is -0.208. The van der Waals surface area contributed by atoms with E-state index in [1.54, 1.807) is 6.33 Å². The number of unbranched alkanes of at least 4 members (excludes halogenated alkanes) is 2. The Kier molecular flexibility index (Phi) is 5.67. The van der Waals surface area contributed by atoms with Crippen LogP contribution in [0.25, 0.3) is 11.0 Å². The molecule has 3 rings (SSSR count). The normalized spacial score (nSPS) is 12.0. The highest BCUT2D eigenvalue weighted by atomic mass is 16.2. The first-order chi connectivity index (χ1) is 12.3. The van der Waals surface area contributed by atoms with Crippen molar-refractivity contribution in [3.05, 3.63) is 66.0 Å². The van der Waals surface area contributed by atoms with E-state index in [-0.39, 0.29) is 12.1 Å². The average Bonchev–Trinajstić information content (AvgIpc) is 3.12. The molecule has 0 saturated heterocycles. The summed E-state index contributed by atoms with van der Waals surface area (Å²) in [5.74, 6) is 0. The maximum atomic E-state index is 12.3. The lowest BCUT2D eigenvalue weighted by Gasteiger charge is -2.20. The molecule has 0 saturated carbocycles. The van der Waals surface area contributed by atoms with Gasteiger partial charge >= 0.3 is 6.03 Å². The molecular formula is C20H24N4O. The molecule has 0 spiro atoms. The number of aromatic amines is 1. The summed E-state index contributed by atoms with van der Waals surface area (Å²) in [5, 5.41) is 6.05. The summed E-state index contributed by atoms with van der Waals surface area (Å²) >= 11 is 0. The van der Waals surface area contributed by atoms with Gasteiger partial charge in [-0.2, -0.15) is 0 Å². The highest BCUT2D eigenvalue weighted by molar-refractivity contribution is 5.77. The number of H-pyrrole nitrogens is 1. The van der Waals surface area contributed by atoms with Gasteiger partial charge in [-0.25, -0.2) is 9.78 Å². The van der Waals surface area contributed by atoms with E-state index in [0.29, 0.717) is 6.54 Å². The molecule has 0 radical (unpaired) electrons. The van der Waals surface area contributed by atoms with Crippen LogP contribution >= 0.6 is 0 Å². The van der Waals surface area contributed by atoms with E-state index in [9.17, 15) is 4.79 Å². The van der Waals surface area contributed by atoms with E-state index >= 15 is 0 Å². The summed E-state index contributed by atoms with van der Waals surface area (Å²) in [6.07, 6.45) is 4.94. The number of nitrogens with one attached hydrogen (secondary N) is 3. The lowest BCUT2D eigenvalue weighted by Crippen LogP contribution is -2.38. The van der Waals surface area contributed by atoms with Crippen LogP contribution in [0.5, 0.6) is 0 Å². The third-order valence-corrected chi connectivity index (χ3v) is 4.25. The zero-order chi connectivity index (χ0) is 17.5. The lowest BCUT2D eigenvalue weighted by molar-refractivity contribution is 0.238. The van der Waals surface area contributed by atoms with Crippen molar-refractivity contribution < 1.29 is 4.79 Å². The van der Waals surface area contributed by atoms with Gasteiger partial charge in [0.05, 0.1) is 23.4 Å². The molecule has 3 aromatic rings. The van der Waals surface area contributed by atoms with E-state index in [4.69, 9.17) is 0 Å². The highest BCUT2D eigenvalue weighted by Crippen LogP contribution is 2.24. The van der Waals surface area contributed by atoms with Gasteiger partial charge in [-0.1, -0.05) is 56.2 Å². The first kappa shape index (κ1) is 17.0. The summed E-state index contributed by atoms with van der Waals surface area (Å²) in [6, 6.07) is 15.7. The van der Waals surface area contributed by atoms with Crippen molar-refractivity contribution in [2.75, 3.05) is 6.54 Å². The number of benzene rings is 2. The standard InChI is InChI=1S/C20H24N4O/c1-2-3-7-12-21-20(25)24-19(15-8-5-4-6-9-15)16-10-11-17-18(13-16)23-14-22-17/h4-6,8-11,13-14,19H,2-3,7,12H2,1H3,(H,22,23)(H2,21,24,25)/t19-/m1/s1. The monoisotopic (exact) mass is 336 g/mol. The van der Waals surface area contributed by atoms with Crippen LogP contribution in [0, 0.1) is 0 Å². The molecule has 1 heterocycles. The predicted molar refractivity (Wildman–Crippen MR) is 100 cm³/mol. The van der Waals surface area contributed by atoms with Crippen LogP contribution in [0.1, 0.15) is 43.4 Å². The molecule has 5 heteroatoms. The second-order valence-corrected chi connectivity index (χ2v) is 6.13. The topological polar surface area (TPSA) is 69.8 Å². The van der Waals surface area contributed by atoms with Crippen molar-refractivity contribution in [3.8, 4) is 0 Å². The number of amides is 2. The van der Waals surface area contributed by atoms with Crippen LogP contribution in [0.4, 0.5) is 4.79 Å². The van der Waals surface area contributed by atoms with Crippen LogP contribution in [0.3, 0.4) is 0 Å². The summed E-state index contributed by atoms with van der Waals surface area (Å²) in [4.78, 5) is 19.7. The molecule has 1 aromatic heterocycles. The summed E-state index contributed by atoms with van der Waals surface area (Å²) in [7, 11) is 0. The predicted octanol–water partition coefficient (Wildman–Crippen LogP) is 4.14. The molecule has 25 heavy (non-hydrogen) atoms. The molecule has 0 bridgehead atoms. The Morgan fingerprint density at radius 1 is 1.12 bits per heavy atom. The summed E-state index contributed by atoms with van der Waals surface area (Å²) in [5.41, 5.74) is 3.94. The highest BCUT2D eigenvalue weighted by Gasteiger charge is 2.17. The van der Waals surface area contributed by atoms with Crippen LogP contribution in [0.2, 0.25) is 0 Å². The SMILES string of the molecule is CCCCCNC(=O)N[C@H](c1ccccc1)c1ccc2nc[nH]c2c1. The molecule has 0 unspecified atom stereocenters. The Morgan fingerprint density at radius 3 is 2.76 bits per heavy atom. The van der Waals surface area contributed by atoms with Crippen LogP contribution in [-0.2, 0) is 0 Å². The average molecular weight is 336 g/mol. The number of hydrogen-bond acceptors (Lipinski definition) is 2. The number of aromatic nitrogens is 2. The van der Waals surface area contributed by atoms with Gasteiger partial charge in [0.15, 0.2) is 0 Å². The summed E-state index contributed by atoms with van der Waals surface area (Å²) in [6.45, 7) is 2.85. The summed E-state index contributed by atoms with van der Waals surface area (Å²) < 4.78 is 0. The third-order valence-electron chi connectivity index (χ3n) is 4.25. The van der Waals surface area contributed by atoms with E-state index in [1.165, 1.54) is 0 Å². The zero-order valence-corrected chi connectivity index (χ0v) is 14.5. The molecule has 130 valence electrons. The number of imidazole rings is 1. The number of nitrogens with zero attached hydrogens (tertiary/aromatic N) is 1. The van der Waals surface area contributed by atoms with Gasteiger partial charge in [0.25, 0.3) is 0 Å². The Morgan fingerprint density at radius 2 is 1.96 bits per heavy atom. The number of rotatable bonds is 7. The zero-order valence-electron chi connectivity index (χ0n) is 14.5. The fourth-order valence-corrected chi connectivity index (χ4v) is 2.90. The lowest BCUT2D eigenvalue weighted by atomic mass is 9.98. The number of fused-ring (bicyclic) bond motifs is 1. The van der Waals surface area contributed by atoms with Gasteiger partial charge in [0, 0.05) is 6.54 Å². The van der Waals surface area contributed by atoms with Crippen molar-refractivity contribution >= 4 is 17.1 Å². The molecule has 2 amide bonds. The smallest absolute Gasteiger partial charge is 0.315 e. The van der Waals surface area contributed by atoms with E-state index in [0.717, 1.165) is 41.4 Å². The number of carbonyl (C=O) groups excluding carboxylic acids is 1. The van der Waals surface area contributed by atoms with Crippen molar-refractivity contribution in [2.24, 2.45) is 0 Å². The van der Waals surface area contributed by atoms with E-state index < -0.39 is 0 Å². The van der Waals surface area contributed by atoms with Gasteiger partial charge in [-0.15, -0.1) is 0 Å². The molecule has 0 aliphatic carbocycles. The Hall–Kier alpha value is -2.82. The van der Waals surface area contributed by atoms with Crippen LogP contribution in [-0.4, -0.2) is 22.5 Å². The molecule has 5 nitrogen and oxygen atoms in total. The first-order valence-electron chi connectivity index (χ1n) is 8.80. The molecule has 0 aliphatic rings. The number of hydrogen-bond donors (Lipinski definition) is 3. The van der Waals surface area contributed by atoms with Crippen molar-refractivity contribution in [1.82, 2.24) is 20.6 Å². The third kappa shape index (κ3) is 4.38. The molecular weight excluding hydrogens is 312 g/mol. The quantitative estimate of drug-likeness (QED) is 0.568. The van der Waals surface area contributed by atoms with Gasteiger partial charge < -0.3 is 15.6 Å². The molecule has 3 N–H and O–H groups in total. The van der Waals surface area contributed by atoms with Crippen LogP contribution in [0.15, 0.2) is 54.9 Å². The van der Waals surface area contributed by atoms with Crippen LogP contribution < -0.4 is 10.6 Å². The number of carbonyl (C=O) groups is 1.